The van der Waals surface area contributed by atoms with Crippen LogP contribution >= 0.6 is 0 Å². The second-order valence-corrected chi connectivity index (χ2v) is 5.91. The summed E-state index contributed by atoms with van der Waals surface area (Å²) in [6.07, 6.45) is 2.79. The molecule has 0 rings (SSSR count). The van der Waals surface area contributed by atoms with Crippen molar-refractivity contribution < 1.29 is 0 Å². The van der Waals surface area contributed by atoms with Crippen molar-refractivity contribution in [3.63, 3.8) is 0 Å². The van der Waals surface area contributed by atoms with Gasteiger partial charge in [-0.15, -0.1) is 0 Å². The topological polar surface area (TPSA) is 0 Å². The standard InChI is InChI=1S/C7H17Si/c1-5-6-7(2)8(3)4/h7H,5-6H2,1-4H3. The van der Waals surface area contributed by atoms with E-state index in [4.69, 9.17) is 0 Å². The second kappa shape index (κ2) is 4.13. The lowest BCUT2D eigenvalue weighted by atomic mass is 10.3. The van der Waals surface area contributed by atoms with Crippen molar-refractivity contribution in [1.82, 2.24) is 0 Å². The van der Waals surface area contributed by atoms with E-state index in [2.05, 4.69) is 26.9 Å². The van der Waals surface area contributed by atoms with Gasteiger partial charge in [0, 0.05) is 8.80 Å². The smallest absolute Gasteiger partial charge is 0.0443 e. The van der Waals surface area contributed by atoms with Gasteiger partial charge in [0.2, 0.25) is 0 Å². The summed E-state index contributed by atoms with van der Waals surface area (Å²) < 4.78 is 0. The third-order valence-corrected chi connectivity index (χ3v) is 3.97. The van der Waals surface area contributed by atoms with Crippen LogP contribution in [-0.4, -0.2) is 8.80 Å². The van der Waals surface area contributed by atoms with Crippen LogP contribution in [0.3, 0.4) is 0 Å². The van der Waals surface area contributed by atoms with E-state index >= 15 is 0 Å². The van der Waals surface area contributed by atoms with E-state index in [9.17, 15) is 0 Å². The van der Waals surface area contributed by atoms with Gasteiger partial charge in [0.05, 0.1) is 0 Å². The van der Waals surface area contributed by atoms with Gasteiger partial charge in [0.25, 0.3) is 0 Å². The third-order valence-electron chi connectivity index (χ3n) is 1.71. The van der Waals surface area contributed by atoms with Gasteiger partial charge < -0.3 is 0 Å². The first-order chi connectivity index (χ1) is 3.68. The van der Waals surface area contributed by atoms with Gasteiger partial charge in [-0.1, -0.05) is 45.3 Å². The Kier molecular flexibility index (Phi) is 4.24. The lowest BCUT2D eigenvalue weighted by molar-refractivity contribution is 0.756. The zero-order valence-corrected chi connectivity index (χ0v) is 7.49. The normalized spacial score (nSPS) is 14.6. The fourth-order valence-corrected chi connectivity index (χ4v) is 1.59. The molecule has 1 radical (unpaired) electrons. The fraction of sp³-hybridized carbons (Fsp3) is 1.00. The minimum Gasteiger partial charge on any atom is -0.0711 e. The predicted octanol–water partition coefficient (Wildman–Crippen LogP) is 2.93. The second-order valence-electron chi connectivity index (χ2n) is 2.77. The summed E-state index contributed by atoms with van der Waals surface area (Å²) in [5, 5.41) is 0. The van der Waals surface area contributed by atoms with Crippen LogP contribution in [0.2, 0.25) is 18.6 Å². The molecule has 49 valence electrons. The Hall–Kier alpha value is 0.217. The molecular formula is C7H17Si. The average molecular weight is 129 g/mol. The number of hydrogen-bond donors (Lipinski definition) is 0. The minimum atomic E-state index is 0.0251. The van der Waals surface area contributed by atoms with Gasteiger partial charge in [-0.2, -0.15) is 0 Å². The first kappa shape index (κ1) is 8.22. The Bertz CT molecular complexity index is 50.3. The van der Waals surface area contributed by atoms with E-state index < -0.39 is 0 Å². The number of rotatable bonds is 3. The van der Waals surface area contributed by atoms with E-state index in [0.717, 1.165) is 5.54 Å². The van der Waals surface area contributed by atoms with Crippen molar-refractivity contribution in [2.75, 3.05) is 0 Å². The maximum Gasteiger partial charge on any atom is 0.0443 e. The molecule has 1 atom stereocenters. The van der Waals surface area contributed by atoms with Crippen molar-refractivity contribution in [3.05, 3.63) is 0 Å². The van der Waals surface area contributed by atoms with Crippen LogP contribution in [0.25, 0.3) is 0 Å². The largest absolute Gasteiger partial charge is 0.0711 e. The van der Waals surface area contributed by atoms with E-state index in [1.165, 1.54) is 12.8 Å². The third kappa shape index (κ3) is 3.25. The SMILES string of the molecule is CCCC(C)[Si](C)C. The highest BCUT2D eigenvalue weighted by atomic mass is 28.3. The molecule has 0 aliphatic carbocycles. The molecule has 0 nitrogen and oxygen atoms in total. The molecule has 0 aliphatic heterocycles. The first-order valence-electron chi connectivity index (χ1n) is 3.48. The minimum absolute atomic E-state index is 0.0251. The molecule has 0 aromatic carbocycles. The van der Waals surface area contributed by atoms with E-state index in [-0.39, 0.29) is 8.80 Å². The van der Waals surface area contributed by atoms with Gasteiger partial charge in [0.1, 0.15) is 0 Å². The molecule has 0 aromatic rings. The van der Waals surface area contributed by atoms with Crippen LogP contribution < -0.4 is 0 Å². The first-order valence-corrected chi connectivity index (χ1v) is 6.06. The molecule has 0 aliphatic rings. The average Bonchev–Trinajstić information content (AvgIpc) is 1.67. The Morgan fingerprint density at radius 3 is 2.00 bits per heavy atom. The predicted molar refractivity (Wildman–Crippen MR) is 41.8 cm³/mol. The molecule has 1 heteroatoms. The molecule has 0 N–H and O–H groups in total. The monoisotopic (exact) mass is 129 g/mol. The van der Waals surface area contributed by atoms with Crippen molar-refractivity contribution >= 4 is 8.80 Å². The van der Waals surface area contributed by atoms with Crippen LogP contribution in [0.4, 0.5) is 0 Å². The zero-order valence-electron chi connectivity index (χ0n) is 6.49. The lowest BCUT2D eigenvalue weighted by Crippen LogP contribution is -2.07. The molecule has 0 saturated carbocycles. The van der Waals surface area contributed by atoms with Crippen LogP contribution in [0.1, 0.15) is 26.7 Å². The van der Waals surface area contributed by atoms with E-state index in [0.29, 0.717) is 0 Å². The molecule has 8 heavy (non-hydrogen) atoms. The summed E-state index contributed by atoms with van der Waals surface area (Å²) in [4.78, 5) is 0. The van der Waals surface area contributed by atoms with E-state index in [1.807, 2.05) is 0 Å². The van der Waals surface area contributed by atoms with Gasteiger partial charge in [-0.3, -0.25) is 0 Å². The maximum atomic E-state index is 2.39. The Balaban J connectivity index is 3.17. The van der Waals surface area contributed by atoms with Gasteiger partial charge in [-0.25, -0.2) is 0 Å². The molecule has 0 aromatic heterocycles. The van der Waals surface area contributed by atoms with Gasteiger partial charge >= 0.3 is 0 Å². The molecule has 0 saturated heterocycles. The molecule has 1 unspecified atom stereocenters. The van der Waals surface area contributed by atoms with Crippen molar-refractivity contribution in [3.8, 4) is 0 Å². The van der Waals surface area contributed by atoms with Crippen LogP contribution in [0.15, 0.2) is 0 Å². The summed E-state index contributed by atoms with van der Waals surface area (Å²) in [7, 11) is 0.0251. The molecule has 0 spiro atoms. The molecule has 0 amide bonds. The quantitative estimate of drug-likeness (QED) is 0.514. The van der Waals surface area contributed by atoms with Crippen molar-refractivity contribution in [2.24, 2.45) is 0 Å². The van der Waals surface area contributed by atoms with E-state index in [1.54, 1.807) is 0 Å². The number of hydrogen-bond acceptors (Lipinski definition) is 0. The van der Waals surface area contributed by atoms with Gasteiger partial charge in [-0.05, 0) is 0 Å². The summed E-state index contributed by atoms with van der Waals surface area (Å²) >= 11 is 0. The summed E-state index contributed by atoms with van der Waals surface area (Å²) in [6.45, 7) is 9.43. The van der Waals surface area contributed by atoms with Crippen LogP contribution in [0.5, 0.6) is 0 Å². The fourth-order valence-electron chi connectivity index (χ4n) is 0.722. The molecular weight excluding hydrogens is 112 g/mol. The Labute approximate surface area is 54.9 Å². The zero-order chi connectivity index (χ0) is 6.57. The molecule has 0 heterocycles. The van der Waals surface area contributed by atoms with Crippen molar-refractivity contribution in [1.29, 1.82) is 0 Å². The highest BCUT2D eigenvalue weighted by Gasteiger charge is 2.05. The summed E-state index contributed by atoms with van der Waals surface area (Å²) in [5.74, 6) is 0. The Morgan fingerprint density at radius 1 is 1.38 bits per heavy atom. The highest BCUT2D eigenvalue weighted by Crippen LogP contribution is 2.15. The summed E-state index contributed by atoms with van der Waals surface area (Å²) in [5.41, 5.74) is 1.02. The van der Waals surface area contributed by atoms with Crippen LogP contribution in [-0.2, 0) is 0 Å². The molecule has 0 fully saturated rings. The molecule has 0 bridgehead atoms. The summed E-state index contributed by atoms with van der Waals surface area (Å²) in [6, 6.07) is 0. The lowest BCUT2D eigenvalue weighted by Gasteiger charge is -2.10. The van der Waals surface area contributed by atoms with Crippen LogP contribution in [0, 0.1) is 0 Å². The Morgan fingerprint density at radius 2 is 1.88 bits per heavy atom. The van der Waals surface area contributed by atoms with Gasteiger partial charge in [0.15, 0.2) is 0 Å². The maximum absolute atomic E-state index is 2.39. The van der Waals surface area contributed by atoms with Crippen molar-refractivity contribution in [2.45, 2.75) is 45.3 Å². The highest BCUT2D eigenvalue weighted by molar-refractivity contribution is 6.57.